The third kappa shape index (κ3) is 3.28. The van der Waals surface area contributed by atoms with Gasteiger partial charge in [-0.2, -0.15) is 0 Å². The van der Waals surface area contributed by atoms with Crippen LogP contribution < -0.4 is 5.32 Å². The molecule has 1 amide bonds. The van der Waals surface area contributed by atoms with E-state index in [-0.39, 0.29) is 24.8 Å². The number of nitrogens with one attached hydrogen (secondary N) is 2. The van der Waals surface area contributed by atoms with E-state index in [0.717, 1.165) is 16.8 Å². The Hall–Kier alpha value is -1.96. The number of carbonyl (C=O) groups is 1. The number of ether oxygens (including phenoxy) is 1. The highest BCUT2D eigenvalue weighted by molar-refractivity contribution is 5.90. The summed E-state index contributed by atoms with van der Waals surface area (Å²) in [5, 5.41) is 22.7. The number of aliphatic hydroxyl groups excluding tert-OH is 2. The molecular formula is C17H21FN2O4. The lowest BCUT2D eigenvalue weighted by molar-refractivity contribution is -0.131. The first kappa shape index (κ1) is 16.9. The van der Waals surface area contributed by atoms with E-state index in [1.165, 1.54) is 12.1 Å². The molecule has 0 spiro atoms. The number of halogens is 1. The molecule has 1 aliphatic heterocycles. The molecule has 0 unspecified atom stereocenters. The predicted molar refractivity (Wildman–Crippen MR) is 86.1 cm³/mol. The molecular weight excluding hydrogens is 315 g/mol. The van der Waals surface area contributed by atoms with Crippen molar-refractivity contribution in [3.8, 4) is 0 Å². The predicted octanol–water partition coefficient (Wildman–Crippen LogP) is 0.785. The van der Waals surface area contributed by atoms with Crippen LogP contribution >= 0.6 is 0 Å². The molecule has 24 heavy (non-hydrogen) atoms. The smallest absolute Gasteiger partial charge is 0.224 e. The van der Waals surface area contributed by atoms with Crippen LogP contribution in [-0.4, -0.2) is 52.6 Å². The molecule has 1 aromatic heterocycles. The van der Waals surface area contributed by atoms with Gasteiger partial charge in [-0.1, -0.05) is 0 Å². The fourth-order valence-electron chi connectivity index (χ4n) is 3.19. The number of aromatic nitrogens is 1. The van der Waals surface area contributed by atoms with E-state index in [4.69, 9.17) is 9.84 Å². The molecule has 130 valence electrons. The second-order valence-electron chi connectivity index (χ2n) is 6.14. The standard InChI is InChI=1S/C17H21FN2O4/c1-9-11(12-6-10(18)2-3-13(12)19-9)7-16(22)20-14-4-5-24-15(8-21)17(14)23/h2-3,6,14-15,17,19,21,23H,4-5,7-8H2,1H3,(H,20,22)/t14-,15+,17-/m0/s1. The van der Waals surface area contributed by atoms with Crippen molar-refractivity contribution in [2.24, 2.45) is 0 Å². The van der Waals surface area contributed by atoms with Gasteiger partial charge in [0.25, 0.3) is 0 Å². The number of aromatic amines is 1. The van der Waals surface area contributed by atoms with E-state index >= 15 is 0 Å². The number of H-pyrrole nitrogens is 1. The number of aryl methyl sites for hydroxylation is 1. The number of hydrogen-bond donors (Lipinski definition) is 4. The summed E-state index contributed by atoms with van der Waals surface area (Å²) in [5.41, 5.74) is 2.33. The van der Waals surface area contributed by atoms with E-state index in [0.29, 0.717) is 18.4 Å². The van der Waals surface area contributed by atoms with Gasteiger partial charge in [-0.15, -0.1) is 0 Å². The normalized spacial score (nSPS) is 24.2. The van der Waals surface area contributed by atoms with Gasteiger partial charge in [-0.3, -0.25) is 4.79 Å². The van der Waals surface area contributed by atoms with Crippen LogP contribution in [0.1, 0.15) is 17.7 Å². The maximum absolute atomic E-state index is 13.5. The molecule has 0 radical (unpaired) electrons. The molecule has 0 saturated carbocycles. The molecule has 3 rings (SSSR count). The van der Waals surface area contributed by atoms with Crippen LogP contribution in [0.3, 0.4) is 0 Å². The third-order valence-electron chi connectivity index (χ3n) is 4.50. The molecule has 3 atom stereocenters. The van der Waals surface area contributed by atoms with Crippen molar-refractivity contribution in [2.75, 3.05) is 13.2 Å². The summed E-state index contributed by atoms with van der Waals surface area (Å²) in [4.78, 5) is 15.5. The highest BCUT2D eigenvalue weighted by Crippen LogP contribution is 2.24. The molecule has 1 aliphatic rings. The molecule has 1 saturated heterocycles. The summed E-state index contributed by atoms with van der Waals surface area (Å²) in [7, 11) is 0. The Kier molecular flexibility index (Phi) is 4.84. The van der Waals surface area contributed by atoms with Gasteiger partial charge in [0.15, 0.2) is 0 Å². The van der Waals surface area contributed by atoms with E-state index in [9.17, 15) is 14.3 Å². The summed E-state index contributed by atoms with van der Waals surface area (Å²) < 4.78 is 18.7. The molecule has 2 aromatic rings. The summed E-state index contributed by atoms with van der Waals surface area (Å²) in [6, 6.07) is 3.96. The van der Waals surface area contributed by atoms with Gasteiger partial charge in [0.1, 0.15) is 18.0 Å². The number of hydrogen-bond acceptors (Lipinski definition) is 4. The molecule has 2 heterocycles. The molecule has 1 fully saturated rings. The topological polar surface area (TPSA) is 94.6 Å². The van der Waals surface area contributed by atoms with Crippen molar-refractivity contribution in [3.63, 3.8) is 0 Å². The molecule has 1 aromatic carbocycles. The summed E-state index contributed by atoms with van der Waals surface area (Å²) >= 11 is 0. The first-order valence-corrected chi connectivity index (χ1v) is 7.96. The minimum atomic E-state index is -0.950. The van der Waals surface area contributed by atoms with Crippen LogP contribution in [0.25, 0.3) is 10.9 Å². The van der Waals surface area contributed by atoms with Gasteiger partial charge in [-0.25, -0.2) is 4.39 Å². The van der Waals surface area contributed by atoms with Crippen molar-refractivity contribution < 1.29 is 24.1 Å². The zero-order valence-corrected chi connectivity index (χ0v) is 13.4. The van der Waals surface area contributed by atoms with Gasteiger partial charge >= 0.3 is 0 Å². The van der Waals surface area contributed by atoms with Crippen LogP contribution in [0.15, 0.2) is 18.2 Å². The van der Waals surface area contributed by atoms with Crippen molar-refractivity contribution in [1.82, 2.24) is 10.3 Å². The molecule has 6 nitrogen and oxygen atoms in total. The van der Waals surface area contributed by atoms with E-state index in [2.05, 4.69) is 10.3 Å². The van der Waals surface area contributed by atoms with E-state index in [1.807, 2.05) is 6.92 Å². The van der Waals surface area contributed by atoms with Crippen LogP contribution in [0.5, 0.6) is 0 Å². The van der Waals surface area contributed by atoms with Gasteiger partial charge < -0.3 is 25.3 Å². The van der Waals surface area contributed by atoms with Crippen LogP contribution in [0.2, 0.25) is 0 Å². The minimum absolute atomic E-state index is 0.0865. The Morgan fingerprint density at radius 3 is 3.04 bits per heavy atom. The zero-order chi connectivity index (χ0) is 17.3. The Balaban J connectivity index is 1.73. The maximum Gasteiger partial charge on any atom is 0.224 e. The average Bonchev–Trinajstić information content (AvgIpc) is 2.85. The van der Waals surface area contributed by atoms with Crippen LogP contribution in [0.4, 0.5) is 4.39 Å². The van der Waals surface area contributed by atoms with Crippen LogP contribution in [0, 0.1) is 12.7 Å². The van der Waals surface area contributed by atoms with Crippen molar-refractivity contribution in [3.05, 3.63) is 35.3 Å². The Bertz CT molecular complexity index is 746. The quantitative estimate of drug-likeness (QED) is 0.664. The fourth-order valence-corrected chi connectivity index (χ4v) is 3.19. The summed E-state index contributed by atoms with van der Waals surface area (Å²) in [6.07, 6.45) is -1.07. The number of benzene rings is 1. The Labute approximate surface area is 138 Å². The van der Waals surface area contributed by atoms with Gasteiger partial charge in [0.05, 0.1) is 19.1 Å². The Morgan fingerprint density at radius 2 is 2.29 bits per heavy atom. The maximum atomic E-state index is 13.5. The molecule has 0 bridgehead atoms. The second-order valence-corrected chi connectivity index (χ2v) is 6.14. The molecule has 7 heteroatoms. The number of fused-ring (bicyclic) bond motifs is 1. The highest BCUT2D eigenvalue weighted by Gasteiger charge is 2.33. The van der Waals surface area contributed by atoms with Gasteiger partial charge in [-0.05, 0) is 37.1 Å². The number of carbonyl (C=O) groups excluding carboxylic acids is 1. The first-order valence-electron chi connectivity index (χ1n) is 7.96. The number of aliphatic hydroxyl groups is 2. The minimum Gasteiger partial charge on any atom is -0.394 e. The van der Waals surface area contributed by atoms with Crippen LogP contribution in [-0.2, 0) is 16.0 Å². The van der Waals surface area contributed by atoms with Crippen molar-refractivity contribution in [1.29, 1.82) is 0 Å². The average molecular weight is 336 g/mol. The zero-order valence-electron chi connectivity index (χ0n) is 13.4. The molecule has 0 aliphatic carbocycles. The van der Waals surface area contributed by atoms with Crippen molar-refractivity contribution in [2.45, 2.75) is 38.0 Å². The van der Waals surface area contributed by atoms with Gasteiger partial charge in [0, 0.05) is 23.2 Å². The SMILES string of the molecule is Cc1[nH]c2ccc(F)cc2c1CC(=O)N[C@H]1CCO[C@H](CO)[C@H]1O. The first-order chi connectivity index (χ1) is 11.5. The largest absolute Gasteiger partial charge is 0.394 e. The Morgan fingerprint density at radius 1 is 1.50 bits per heavy atom. The lowest BCUT2D eigenvalue weighted by Gasteiger charge is -2.34. The molecule has 4 N–H and O–H groups in total. The van der Waals surface area contributed by atoms with Crippen molar-refractivity contribution >= 4 is 16.8 Å². The monoisotopic (exact) mass is 336 g/mol. The third-order valence-corrected chi connectivity index (χ3v) is 4.50. The summed E-state index contributed by atoms with van der Waals surface area (Å²) in [6.45, 7) is 1.91. The van der Waals surface area contributed by atoms with E-state index < -0.39 is 18.2 Å². The lowest BCUT2D eigenvalue weighted by Crippen LogP contribution is -2.54. The highest BCUT2D eigenvalue weighted by atomic mass is 19.1. The van der Waals surface area contributed by atoms with Gasteiger partial charge in [0.2, 0.25) is 5.91 Å². The fraction of sp³-hybridized carbons (Fsp3) is 0.471. The van der Waals surface area contributed by atoms with E-state index in [1.54, 1.807) is 6.07 Å². The lowest BCUT2D eigenvalue weighted by atomic mass is 9.99. The number of rotatable bonds is 4. The summed E-state index contributed by atoms with van der Waals surface area (Å²) in [5.74, 6) is -0.611. The number of amides is 1. The second kappa shape index (κ2) is 6.88.